The molecule has 1 aromatic heterocycles. The summed E-state index contributed by atoms with van der Waals surface area (Å²) in [5, 5.41) is 0. The Kier molecular flexibility index (Phi) is 4.24. The number of amides is 1. The van der Waals surface area contributed by atoms with Crippen LogP contribution < -0.4 is 5.73 Å². The number of likely N-dealkylation sites (tertiary alicyclic amines) is 1. The standard InChI is InChI=1S/C17H22N4O/c1-13(18)14-6-5-9-20(11-14)17(22)16-10-19-12-21(16)15-7-3-2-4-8-15/h2-4,7-8,10,12-14H,5-6,9,11,18H2,1H3/t13-,14+/m1/s1. The van der Waals surface area contributed by atoms with Gasteiger partial charge < -0.3 is 10.6 Å². The van der Waals surface area contributed by atoms with Crippen LogP contribution >= 0.6 is 0 Å². The molecule has 116 valence electrons. The first-order chi connectivity index (χ1) is 10.7. The molecule has 5 heteroatoms. The van der Waals surface area contributed by atoms with E-state index in [1.54, 1.807) is 12.5 Å². The van der Waals surface area contributed by atoms with E-state index in [0.29, 0.717) is 11.6 Å². The summed E-state index contributed by atoms with van der Waals surface area (Å²) < 4.78 is 1.85. The molecule has 2 N–H and O–H groups in total. The van der Waals surface area contributed by atoms with Crippen LogP contribution in [0.25, 0.3) is 5.69 Å². The highest BCUT2D eigenvalue weighted by atomic mass is 16.2. The Bertz CT molecular complexity index is 635. The minimum Gasteiger partial charge on any atom is -0.337 e. The van der Waals surface area contributed by atoms with Crippen molar-refractivity contribution in [1.29, 1.82) is 0 Å². The van der Waals surface area contributed by atoms with Crippen molar-refractivity contribution in [2.24, 2.45) is 11.7 Å². The summed E-state index contributed by atoms with van der Waals surface area (Å²) in [7, 11) is 0. The summed E-state index contributed by atoms with van der Waals surface area (Å²) in [5.41, 5.74) is 7.57. The molecule has 0 aliphatic carbocycles. The van der Waals surface area contributed by atoms with E-state index in [1.807, 2.05) is 46.7 Å². The maximum absolute atomic E-state index is 12.8. The van der Waals surface area contributed by atoms with Crippen molar-refractivity contribution in [1.82, 2.24) is 14.5 Å². The van der Waals surface area contributed by atoms with Crippen LogP contribution in [0.5, 0.6) is 0 Å². The molecule has 1 fully saturated rings. The van der Waals surface area contributed by atoms with Crippen LogP contribution in [0.1, 0.15) is 30.3 Å². The van der Waals surface area contributed by atoms with E-state index in [1.165, 1.54) is 0 Å². The molecule has 2 aromatic rings. The van der Waals surface area contributed by atoms with Crippen LogP contribution in [0.15, 0.2) is 42.9 Å². The number of para-hydroxylation sites is 1. The van der Waals surface area contributed by atoms with Gasteiger partial charge >= 0.3 is 0 Å². The number of hydrogen-bond acceptors (Lipinski definition) is 3. The van der Waals surface area contributed by atoms with Gasteiger partial charge in [0.25, 0.3) is 5.91 Å². The van der Waals surface area contributed by atoms with Crippen molar-refractivity contribution >= 4 is 5.91 Å². The zero-order valence-electron chi connectivity index (χ0n) is 12.9. The van der Waals surface area contributed by atoms with Gasteiger partial charge in [0.2, 0.25) is 0 Å². The number of rotatable bonds is 3. The normalized spacial score (nSPS) is 19.9. The maximum atomic E-state index is 12.8. The zero-order chi connectivity index (χ0) is 15.5. The number of carbonyl (C=O) groups excluding carboxylic acids is 1. The van der Waals surface area contributed by atoms with Gasteiger partial charge in [-0.05, 0) is 37.8 Å². The Balaban J connectivity index is 1.83. The van der Waals surface area contributed by atoms with E-state index in [-0.39, 0.29) is 11.9 Å². The SMILES string of the molecule is C[C@@H](N)[C@H]1CCCN(C(=O)c2cncn2-c2ccccc2)C1. The summed E-state index contributed by atoms with van der Waals surface area (Å²) in [6.45, 7) is 3.55. The van der Waals surface area contributed by atoms with E-state index >= 15 is 0 Å². The molecule has 0 saturated carbocycles. The molecule has 2 heterocycles. The van der Waals surface area contributed by atoms with E-state index in [9.17, 15) is 4.79 Å². The third-order valence-electron chi connectivity index (χ3n) is 4.38. The second-order valence-electron chi connectivity index (χ2n) is 6.00. The molecule has 0 radical (unpaired) electrons. The number of aromatic nitrogens is 2. The molecule has 1 aliphatic rings. The number of carbonyl (C=O) groups is 1. The smallest absolute Gasteiger partial charge is 0.272 e. The Morgan fingerprint density at radius 3 is 2.86 bits per heavy atom. The number of piperidine rings is 1. The average molecular weight is 298 g/mol. The van der Waals surface area contributed by atoms with Crippen molar-refractivity contribution in [2.45, 2.75) is 25.8 Å². The van der Waals surface area contributed by atoms with Crippen molar-refractivity contribution in [3.8, 4) is 5.69 Å². The van der Waals surface area contributed by atoms with Crippen molar-refractivity contribution in [3.05, 3.63) is 48.5 Å². The Hall–Kier alpha value is -2.14. The van der Waals surface area contributed by atoms with Crippen LogP contribution in [0.2, 0.25) is 0 Å². The Morgan fingerprint density at radius 2 is 2.14 bits per heavy atom. The third kappa shape index (κ3) is 2.90. The summed E-state index contributed by atoms with van der Waals surface area (Å²) in [5.74, 6) is 0.414. The predicted octanol–water partition coefficient (Wildman–Crippen LogP) is 2.07. The molecule has 22 heavy (non-hydrogen) atoms. The van der Waals surface area contributed by atoms with Crippen molar-refractivity contribution in [2.75, 3.05) is 13.1 Å². The molecule has 1 saturated heterocycles. The lowest BCUT2D eigenvalue weighted by molar-refractivity contribution is 0.0653. The number of benzene rings is 1. The van der Waals surface area contributed by atoms with Crippen molar-refractivity contribution in [3.63, 3.8) is 0 Å². The van der Waals surface area contributed by atoms with Gasteiger partial charge in [-0.3, -0.25) is 9.36 Å². The van der Waals surface area contributed by atoms with Gasteiger partial charge in [-0.1, -0.05) is 18.2 Å². The van der Waals surface area contributed by atoms with Crippen molar-refractivity contribution < 1.29 is 4.79 Å². The molecule has 0 bridgehead atoms. The molecule has 1 aliphatic heterocycles. The van der Waals surface area contributed by atoms with Gasteiger partial charge in [0.05, 0.1) is 12.5 Å². The number of imidazole rings is 1. The average Bonchev–Trinajstić information content (AvgIpc) is 3.04. The quantitative estimate of drug-likeness (QED) is 0.943. The summed E-state index contributed by atoms with van der Waals surface area (Å²) >= 11 is 0. The molecule has 0 unspecified atom stereocenters. The molecule has 0 spiro atoms. The fraction of sp³-hybridized carbons (Fsp3) is 0.412. The predicted molar refractivity (Wildman–Crippen MR) is 85.8 cm³/mol. The van der Waals surface area contributed by atoms with Crippen LogP contribution in [0.4, 0.5) is 0 Å². The first-order valence-electron chi connectivity index (χ1n) is 7.79. The minimum atomic E-state index is 0.0340. The van der Waals surface area contributed by atoms with E-state index < -0.39 is 0 Å². The van der Waals surface area contributed by atoms with Crippen LogP contribution in [0, 0.1) is 5.92 Å². The highest BCUT2D eigenvalue weighted by molar-refractivity contribution is 5.93. The lowest BCUT2D eigenvalue weighted by atomic mass is 9.92. The number of nitrogens with zero attached hydrogens (tertiary/aromatic N) is 3. The molecular weight excluding hydrogens is 276 g/mol. The van der Waals surface area contributed by atoms with Gasteiger partial charge in [0.1, 0.15) is 5.69 Å². The largest absolute Gasteiger partial charge is 0.337 e. The van der Waals surface area contributed by atoms with Gasteiger partial charge in [-0.2, -0.15) is 0 Å². The monoisotopic (exact) mass is 298 g/mol. The zero-order valence-corrected chi connectivity index (χ0v) is 12.9. The lowest BCUT2D eigenvalue weighted by Gasteiger charge is -2.34. The highest BCUT2D eigenvalue weighted by Crippen LogP contribution is 2.21. The van der Waals surface area contributed by atoms with Crippen LogP contribution in [0.3, 0.4) is 0 Å². The maximum Gasteiger partial charge on any atom is 0.272 e. The van der Waals surface area contributed by atoms with Crippen LogP contribution in [-0.2, 0) is 0 Å². The number of hydrogen-bond donors (Lipinski definition) is 1. The van der Waals surface area contributed by atoms with E-state index in [2.05, 4.69) is 4.98 Å². The van der Waals surface area contributed by atoms with Gasteiger partial charge in [-0.15, -0.1) is 0 Å². The van der Waals surface area contributed by atoms with Crippen LogP contribution in [-0.4, -0.2) is 39.5 Å². The fourth-order valence-electron chi connectivity index (χ4n) is 3.03. The lowest BCUT2D eigenvalue weighted by Crippen LogP contribution is -2.45. The summed E-state index contributed by atoms with van der Waals surface area (Å²) in [6, 6.07) is 9.93. The molecule has 3 rings (SSSR count). The van der Waals surface area contributed by atoms with Gasteiger partial charge in [0.15, 0.2) is 0 Å². The van der Waals surface area contributed by atoms with Gasteiger partial charge in [-0.25, -0.2) is 4.98 Å². The first-order valence-corrected chi connectivity index (χ1v) is 7.79. The Labute approximate surface area is 130 Å². The fourth-order valence-corrected chi connectivity index (χ4v) is 3.03. The molecule has 2 atom stereocenters. The second-order valence-corrected chi connectivity index (χ2v) is 6.00. The third-order valence-corrected chi connectivity index (χ3v) is 4.38. The first kappa shape index (κ1) is 14.8. The van der Waals surface area contributed by atoms with Gasteiger partial charge in [0, 0.05) is 24.8 Å². The molecular formula is C17H22N4O. The molecule has 1 amide bonds. The molecule has 1 aromatic carbocycles. The Morgan fingerprint density at radius 1 is 1.36 bits per heavy atom. The van der Waals surface area contributed by atoms with E-state index in [0.717, 1.165) is 31.6 Å². The topological polar surface area (TPSA) is 64.2 Å². The second kappa shape index (κ2) is 6.32. The summed E-state index contributed by atoms with van der Waals surface area (Å²) in [6.07, 6.45) is 5.44. The summed E-state index contributed by atoms with van der Waals surface area (Å²) in [4.78, 5) is 18.9. The van der Waals surface area contributed by atoms with E-state index in [4.69, 9.17) is 5.73 Å². The molecule has 5 nitrogen and oxygen atoms in total. The number of nitrogens with two attached hydrogens (primary N) is 1. The minimum absolute atomic E-state index is 0.0340. The highest BCUT2D eigenvalue weighted by Gasteiger charge is 2.28.